The zero-order valence-electron chi connectivity index (χ0n) is 17.1. The van der Waals surface area contributed by atoms with Gasteiger partial charge in [-0.05, 0) is 29.2 Å². The van der Waals surface area contributed by atoms with Crippen LogP contribution < -0.4 is 20.1 Å². The standard InChI is InChI=1S/C23H28N2O4/c1-15(2)23(18-9-10-20-21(13-18)29-12-11-28-20)25-22(27)14-19(24-16(3)26)17-7-5-4-6-8-17/h4-10,13,15,19,23H,11-12,14H2,1-3H3,(H,24,26)(H,25,27)/t19-,23-/m0/s1. The fraction of sp³-hybridized carbons (Fsp3) is 0.391. The van der Waals surface area contributed by atoms with Gasteiger partial charge in [0.15, 0.2) is 11.5 Å². The molecule has 1 heterocycles. The number of amides is 2. The number of benzene rings is 2. The van der Waals surface area contributed by atoms with E-state index < -0.39 is 0 Å². The monoisotopic (exact) mass is 396 g/mol. The first-order valence-electron chi connectivity index (χ1n) is 9.95. The molecule has 1 aliphatic heterocycles. The predicted octanol–water partition coefficient (Wildman–Crippen LogP) is 3.54. The molecule has 2 N–H and O–H groups in total. The van der Waals surface area contributed by atoms with E-state index in [0.717, 1.165) is 16.9 Å². The molecule has 0 aliphatic carbocycles. The summed E-state index contributed by atoms with van der Waals surface area (Å²) < 4.78 is 11.3. The summed E-state index contributed by atoms with van der Waals surface area (Å²) in [6.07, 6.45) is 0.164. The maximum absolute atomic E-state index is 12.9. The number of rotatable bonds is 7. The summed E-state index contributed by atoms with van der Waals surface area (Å²) in [5.41, 5.74) is 1.87. The van der Waals surface area contributed by atoms with Crippen LogP contribution in [0.3, 0.4) is 0 Å². The number of fused-ring (bicyclic) bond motifs is 1. The summed E-state index contributed by atoms with van der Waals surface area (Å²) in [4.78, 5) is 24.5. The van der Waals surface area contributed by atoms with Crippen molar-refractivity contribution in [3.8, 4) is 11.5 Å². The van der Waals surface area contributed by atoms with Crippen LogP contribution in [0.15, 0.2) is 48.5 Å². The lowest BCUT2D eigenvalue weighted by Crippen LogP contribution is -2.36. The summed E-state index contributed by atoms with van der Waals surface area (Å²) in [5, 5.41) is 6.00. The first kappa shape index (κ1) is 20.7. The Hall–Kier alpha value is -3.02. The van der Waals surface area contributed by atoms with Crippen molar-refractivity contribution in [3.63, 3.8) is 0 Å². The Bertz CT molecular complexity index is 851. The molecule has 0 saturated carbocycles. The Morgan fingerprint density at radius 3 is 2.28 bits per heavy atom. The van der Waals surface area contributed by atoms with Crippen LogP contribution in [-0.2, 0) is 9.59 Å². The highest BCUT2D eigenvalue weighted by Crippen LogP contribution is 2.34. The van der Waals surface area contributed by atoms with E-state index in [-0.39, 0.29) is 36.2 Å². The lowest BCUT2D eigenvalue weighted by molar-refractivity contribution is -0.123. The highest BCUT2D eigenvalue weighted by Gasteiger charge is 2.24. The van der Waals surface area contributed by atoms with Crippen molar-refractivity contribution in [1.29, 1.82) is 0 Å². The minimum atomic E-state index is -0.373. The molecular formula is C23H28N2O4. The molecule has 0 saturated heterocycles. The molecule has 2 aromatic carbocycles. The maximum atomic E-state index is 12.9. The average Bonchev–Trinajstić information content (AvgIpc) is 2.71. The van der Waals surface area contributed by atoms with Crippen LogP contribution in [0, 0.1) is 5.92 Å². The Morgan fingerprint density at radius 2 is 1.62 bits per heavy atom. The predicted molar refractivity (Wildman–Crippen MR) is 111 cm³/mol. The van der Waals surface area contributed by atoms with Crippen molar-refractivity contribution in [2.45, 2.75) is 39.3 Å². The SMILES string of the molecule is CC(=O)N[C@@H](CC(=O)N[C@H](c1ccc2c(c1)OCCO2)C(C)C)c1ccccc1. The Morgan fingerprint density at radius 1 is 0.931 bits per heavy atom. The van der Waals surface area contributed by atoms with Gasteiger partial charge in [0.1, 0.15) is 13.2 Å². The third-order valence-corrected chi connectivity index (χ3v) is 4.88. The molecule has 6 nitrogen and oxygen atoms in total. The van der Waals surface area contributed by atoms with E-state index in [1.807, 2.05) is 48.5 Å². The van der Waals surface area contributed by atoms with Gasteiger partial charge in [0.25, 0.3) is 0 Å². The van der Waals surface area contributed by atoms with Gasteiger partial charge < -0.3 is 20.1 Å². The normalized spacial score (nSPS) is 14.8. The molecule has 0 unspecified atom stereocenters. The summed E-state index contributed by atoms with van der Waals surface area (Å²) in [7, 11) is 0. The van der Waals surface area contributed by atoms with Gasteiger partial charge in [-0.2, -0.15) is 0 Å². The van der Waals surface area contributed by atoms with E-state index >= 15 is 0 Å². The van der Waals surface area contributed by atoms with E-state index in [1.54, 1.807) is 0 Å². The second-order valence-corrected chi connectivity index (χ2v) is 7.56. The second-order valence-electron chi connectivity index (χ2n) is 7.56. The van der Waals surface area contributed by atoms with Crippen LogP contribution >= 0.6 is 0 Å². The summed E-state index contributed by atoms with van der Waals surface area (Å²) in [6, 6.07) is 14.8. The van der Waals surface area contributed by atoms with Crippen LogP contribution in [0.5, 0.6) is 11.5 Å². The van der Waals surface area contributed by atoms with Crippen molar-refractivity contribution in [3.05, 3.63) is 59.7 Å². The van der Waals surface area contributed by atoms with Crippen molar-refractivity contribution in [1.82, 2.24) is 10.6 Å². The number of carbonyl (C=O) groups excluding carboxylic acids is 2. The molecule has 0 fully saturated rings. The first-order chi connectivity index (χ1) is 13.9. The molecule has 1 aliphatic rings. The third kappa shape index (κ3) is 5.50. The molecule has 0 radical (unpaired) electrons. The molecule has 0 bridgehead atoms. The van der Waals surface area contributed by atoms with E-state index in [0.29, 0.717) is 19.0 Å². The third-order valence-electron chi connectivity index (χ3n) is 4.88. The van der Waals surface area contributed by atoms with E-state index in [2.05, 4.69) is 24.5 Å². The van der Waals surface area contributed by atoms with Crippen LogP contribution in [0.1, 0.15) is 50.4 Å². The Balaban J connectivity index is 1.74. The maximum Gasteiger partial charge on any atom is 0.222 e. The molecule has 6 heteroatoms. The average molecular weight is 396 g/mol. The zero-order valence-corrected chi connectivity index (χ0v) is 17.1. The molecular weight excluding hydrogens is 368 g/mol. The number of hydrogen-bond donors (Lipinski definition) is 2. The molecule has 154 valence electrons. The summed E-state index contributed by atoms with van der Waals surface area (Å²) >= 11 is 0. The molecule has 3 rings (SSSR count). The molecule has 2 amide bonds. The lowest BCUT2D eigenvalue weighted by Gasteiger charge is -2.26. The van der Waals surface area contributed by atoms with Crippen molar-refractivity contribution in [2.24, 2.45) is 5.92 Å². The van der Waals surface area contributed by atoms with Gasteiger partial charge in [0, 0.05) is 6.92 Å². The smallest absolute Gasteiger partial charge is 0.222 e. The van der Waals surface area contributed by atoms with Crippen molar-refractivity contribution >= 4 is 11.8 Å². The quantitative estimate of drug-likeness (QED) is 0.751. The Labute approximate surface area is 171 Å². The van der Waals surface area contributed by atoms with E-state index in [4.69, 9.17) is 9.47 Å². The Kier molecular flexibility index (Phi) is 6.75. The van der Waals surface area contributed by atoms with Crippen LogP contribution in [-0.4, -0.2) is 25.0 Å². The highest BCUT2D eigenvalue weighted by atomic mass is 16.6. The number of hydrogen-bond acceptors (Lipinski definition) is 4. The molecule has 0 aromatic heterocycles. The number of nitrogens with one attached hydrogen (secondary N) is 2. The van der Waals surface area contributed by atoms with E-state index in [1.165, 1.54) is 6.92 Å². The van der Waals surface area contributed by atoms with Crippen LogP contribution in [0.4, 0.5) is 0 Å². The topological polar surface area (TPSA) is 76.7 Å². The fourth-order valence-corrected chi connectivity index (χ4v) is 3.49. The first-order valence-corrected chi connectivity index (χ1v) is 9.95. The molecule has 2 aromatic rings. The van der Waals surface area contributed by atoms with Gasteiger partial charge >= 0.3 is 0 Å². The largest absolute Gasteiger partial charge is 0.486 e. The van der Waals surface area contributed by atoms with Crippen molar-refractivity contribution < 1.29 is 19.1 Å². The van der Waals surface area contributed by atoms with Gasteiger partial charge in [-0.1, -0.05) is 50.2 Å². The van der Waals surface area contributed by atoms with Crippen LogP contribution in [0.2, 0.25) is 0 Å². The van der Waals surface area contributed by atoms with Gasteiger partial charge in [0.2, 0.25) is 11.8 Å². The molecule has 0 spiro atoms. The zero-order chi connectivity index (χ0) is 20.8. The highest BCUT2D eigenvalue weighted by molar-refractivity contribution is 5.79. The fourth-order valence-electron chi connectivity index (χ4n) is 3.49. The molecule has 29 heavy (non-hydrogen) atoms. The lowest BCUT2D eigenvalue weighted by atomic mass is 9.94. The number of carbonyl (C=O) groups is 2. The minimum Gasteiger partial charge on any atom is -0.486 e. The minimum absolute atomic E-state index is 0.124. The second kappa shape index (κ2) is 9.45. The van der Waals surface area contributed by atoms with Crippen LogP contribution in [0.25, 0.3) is 0 Å². The summed E-state index contributed by atoms with van der Waals surface area (Å²) in [5.74, 6) is 1.32. The van der Waals surface area contributed by atoms with E-state index in [9.17, 15) is 9.59 Å². The molecule has 2 atom stereocenters. The summed E-state index contributed by atoms with van der Waals surface area (Å²) in [6.45, 7) is 6.64. The van der Waals surface area contributed by atoms with Gasteiger partial charge in [-0.25, -0.2) is 0 Å². The number of ether oxygens (including phenoxy) is 2. The van der Waals surface area contributed by atoms with Gasteiger partial charge in [-0.3, -0.25) is 9.59 Å². The van der Waals surface area contributed by atoms with Gasteiger partial charge in [0.05, 0.1) is 18.5 Å². The van der Waals surface area contributed by atoms with Gasteiger partial charge in [-0.15, -0.1) is 0 Å². The van der Waals surface area contributed by atoms with Crippen molar-refractivity contribution in [2.75, 3.05) is 13.2 Å².